The molecule has 1 aliphatic rings. The van der Waals surface area contributed by atoms with Crippen LogP contribution in [0.25, 0.3) is 5.69 Å². The zero-order valence-corrected chi connectivity index (χ0v) is 17.0. The van der Waals surface area contributed by atoms with Gasteiger partial charge in [-0.3, -0.25) is 14.7 Å². The standard InChI is InChI=1S/C22H26N6O/c1-17-8-6-9-19(23-17)16-26-12-7-13-27(15-14-26)22(29)21-18(2)24-28(25-21)20-10-4-3-5-11-20/h3-6,8-11H,7,12-16H2,1-2H3. The largest absolute Gasteiger partial charge is 0.336 e. The van der Waals surface area contributed by atoms with Crippen LogP contribution in [0.3, 0.4) is 0 Å². The first-order valence-corrected chi connectivity index (χ1v) is 10.0. The zero-order chi connectivity index (χ0) is 20.2. The lowest BCUT2D eigenvalue weighted by atomic mass is 10.3. The number of para-hydroxylation sites is 1. The van der Waals surface area contributed by atoms with Crippen molar-refractivity contribution in [1.29, 1.82) is 0 Å². The molecule has 29 heavy (non-hydrogen) atoms. The summed E-state index contributed by atoms with van der Waals surface area (Å²) in [5.41, 5.74) is 4.05. The van der Waals surface area contributed by atoms with Gasteiger partial charge in [-0.25, -0.2) is 0 Å². The molecule has 0 bridgehead atoms. The first-order chi connectivity index (χ1) is 14.1. The quantitative estimate of drug-likeness (QED) is 0.685. The first kappa shape index (κ1) is 19.3. The molecule has 1 aliphatic heterocycles. The summed E-state index contributed by atoms with van der Waals surface area (Å²) in [5, 5.41) is 8.91. The normalized spacial score (nSPS) is 15.3. The third kappa shape index (κ3) is 4.51. The number of pyridine rings is 1. The Hall–Kier alpha value is -3.06. The molecule has 0 spiro atoms. The van der Waals surface area contributed by atoms with Crippen LogP contribution in [0, 0.1) is 13.8 Å². The Balaban J connectivity index is 1.43. The summed E-state index contributed by atoms with van der Waals surface area (Å²) in [6.45, 7) is 7.86. The van der Waals surface area contributed by atoms with Gasteiger partial charge in [-0.05, 0) is 44.5 Å². The lowest BCUT2D eigenvalue weighted by molar-refractivity contribution is 0.0754. The van der Waals surface area contributed by atoms with Crippen molar-refractivity contribution in [2.75, 3.05) is 26.2 Å². The molecule has 0 aliphatic carbocycles. The number of amides is 1. The van der Waals surface area contributed by atoms with Crippen molar-refractivity contribution in [1.82, 2.24) is 29.8 Å². The van der Waals surface area contributed by atoms with E-state index in [0.29, 0.717) is 17.9 Å². The Bertz CT molecular complexity index is 984. The Labute approximate surface area is 171 Å². The summed E-state index contributed by atoms with van der Waals surface area (Å²) in [4.78, 5) is 23.5. The number of hydrogen-bond acceptors (Lipinski definition) is 5. The van der Waals surface area contributed by atoms with E-state index in [2.05, 4.69) is 26.1 Å². The average molecular weight is 390 g/mol. The van der Waals surface area contributed by atoms with E-state index in [1.165, 1.54) is 4.80 Å². The Morgan fingerprint density at radius 3 is 2.55 bits per heavy atom. The molecule has 7 heteroatoms. The number of hydrogen-bond donors (Lipinski definition) is 0. The Morgan fingerprint density at radius 1 is 0.931 bits per heavy atom. The van der Waals surface area contributed by atoms with Crippen LogP contribution in [0.4, 0.5) is 0 Å². The molecule has 1 amide bonds. The van der Waals surface area contributed by atoms with E-state index in [1.807, 2.05) is 61.2 Å². The van der Waals surface area contributed by atoms with E-state index in [-0.39, 0.29) is 5.91 Å². The van der Waals surface area contributed by atoms with E-state index in [9.17, 15) is 4.79 Å². The summed E-state index contributed by atoms with van der Waals surface area (Å²) in [6.07, 6.45) is 0.934. The monoisotopic (exact) mass is 390 g/mol. The molecule has 3 heterocycles. The number of aryl methyl sites for hydroxylation is 2. The van der Waals surface area contributed by atoms with Gasteiger partial charge in [0.1, 0.15) is 0 Å². The number of benzene rings is 1. The predicted octanol–water partition coefficient (Wildman–Crippen LogP) is 2.63. The fourth-order valence-electron chi connectivity index (χ4n) is 3.65. The molecule has 1 saturated heterocycles. The molecule has 0 saturated carbocycles. The molecule has 1 aromatic carbocycles. The van der Waals surface area contributed by atoms with Crippen molar-refractivity contribution in [3.05, 3.63) is 71.3 Å². The van der Waals surface area contributed by atoms with Crippen LogP contribution < -0.4 is 0 Å². The molecule has 150 valence electrons. The van der Waals surface area contributed by atoms with Crippen molar-refractivity contribution in [2.45, 2.75) is 26.8 Å². The molecule has 0 unspecified atom stereocenters. The highest BCUT2D eigenvalue weighted by molar-refractivity contribution is 5.93. The maximum Gasteiger partial charge on any atom is 0.276 e. The number of nitrogens with zero attached hydrogens (tertiary/aromatic N) is 6. The van der Waals surface area contributed by atoms with Crippen LogP contribution in [-0.4, -0.2) is 61.9 Å². The van der Waals surface area contributed by atoms with Gasteiger partial charge >= 0.3 is 0 Å². The van der Waals surface area contributed by atoms with Gasteiger partial charge in [0.25, 0.3) is 5.91 Å². The molecule has 4 rings (SSSR count). The third-order valence-corrected chi connectivity index (χ3v) is 5.18. The van der Waals surface area contributed by atoms with Crippen molar-refractivity contribution >= 4 is 5.91 Å². The van der Waals surface area contributed by atoms with Crippen LogP contribution in [0.5, 0.6) is 0 Å². The van der Waals surface area contributed by atoms with Crippen LogP contribution in [-0.2, 0) is 6.54 Å². The number of rotatable bonds is 4. The van der Waals surface area contributed by atoms with E-state index in [0.717, 1.165) is 49.7 Å². The molecule has 1 fully saturated rings. The van der Waals surface area contributed by atoms with Crippen LogP contribution in [0.2, 0.25) is 0 Å². The molecule has 0 radical (unpaired) electrons. The third-order valence-electron chi connectivity index (χ3n) is 5.18. The van der Waals surface area contributed by atoms with Crippen LogP contribution in [0.1, 0.15) is 34.0 Å². The Kier molecular flexibility index (Phi) is 5.67. The van der Waals surface area contributed by atoms with Crippen LogP contribution >= 0.6 is 0 Å². The van der Waals surface area contributed by atoms with Crippen molar-refractivity contribution < 1.29 is 4.79 Å². The lowest BCUT2D eigenvalue weighted by Crippen LogP contribution is -2.35. The Morgan fingerprint density at radius 2 is 1.76 bits per heavy atom. The highest BCUT2D eigenvalue weighted by Crippen LogP contribution is 2.14. The van der Waals surface area contributed by atoms with Crippen molar-refractivity contribution in [2.24, 2.45) is 0 Å². The summed E-state index contributed by atoms with van der Waals surface area (Å²) >= 11 is 0. The summed E-state index contributed by atoms with van der Waals surface area (Å²) in [6, 6.07) is 15.8. The highest BCUT2D eigenvalue weighted by Gasteiger charge is 2.25. The van der Waals surface area contributed by atoms with Gasteiger partial charge in [0.2, 0.25) is 0 Å². The lowest BCUT2D eigenvalue weighted by Gasteiger charge is -2.21. The second-order valence-corrected chi connectivity index (χ2v) is 7.45. The number of carbonyl (C=O) groups excluding carboxylic acids is 1. The van der Waals surface area contributed by atoms with Gasteiger partial charge < -0.3 is 4.90 Å². The molecular formula is C22H26N6O. The van der Waals surface area contributed by atoms with Crippen LogP contribution in [0.15, 0.2) is 48.5 Å². The number of carbonyl (C=O) groups is 1. The van der Waals surface area contributed by atoms with Gasteiger partial charge in [-0.2, -0.15) is 9.90 Å². The molecule has 2 aromatic heterocycles. The molecule has 7 nitrogen and oxygen atoms in total. The maximum absolute atomic E-state index is 13.1. The minimum atomic E-state index is -0.0415. The highest BCUT2D eigenvalue weighted by atomic mass is 16.2. The predicted molar refractivity (Wildman–Crippen MR) is 111 cm³/mol. The van der Waals surface area contributed by atoms with E-state index >= 15 is 0 Å². The van der Waals surface area contributed by atoms with E-state index in [1.54, 1.807) is 0 Å². The van der Waals surface area contributed by atoms with Crippen molar-refractivity contribution in [3.8, 4) is 5.69 Å². The minimum absolute atomic E-state index is 0.0415. The smallest absolute Gasteiger partial charge is 0.276 e. The van der Waals surface area contributed by atoms with Crippen molar-refractivity contribution in [3.63, 3.8) is 0 Å². The van der Waals surface area contributed by atoms with E-state index < -0.39 is 0 Å². The topological polar surface area (TPSA) is 67.2 Å². The summed E-state index contributed by atoms with van der Waals surface area (Å²) < 4.78 is 0. The molecule has 0 N–H and O–H groups in total. The maximum atomic E-state index is 13.1. The van der Waals surface area contributed by atoms with Gasteiger partial charge in [0.15, 0.2) is 5.69 Å². The summed E-state index contributed by atoms with van der Waals surface area (Å²) in [5.74, 6) is -0.0415. The number of aromatic nitrogens is 4. The summed E-state index contributed by atoms with van der Waals surface area (Å²) in [7, 11) is 0. The molecule has 0 atom stereocenters. The first-order valence-electron chi connectivity index (χ1n) is 10.0. The fourth-order valence-corrected chi connectivity index (χ4v) is 3.65. The van der Waals surface area contributed by atoms with E-state index in [4.69, 9.17) is 0 Å². The van der Waals surface area contributed by atoms with Gasteiger partial charge in [-0.15, -0.1) is 5.10 Å². The van der Waals surface area contributed by atoms with Gasteiger partial charge in [-0.1, -0.05) is 24.3 Å². The van der Waals surface area contributed by atoms with Gasteiger partial charge in [0.05, 0.1) is 17.1 Å². The zero-order valence-electron chi connectivity index (χ0n) is 17.0. The second kappa shape index (κ2) is 8.53. The van der Waals surface area contributed by atoms with Gasteiger partial charge in [0, 0.05) is 38.4 Å². The fraction of sp³-hybridized carbons (Fsp3) is 0.364. The molecular weight excluding hydrogens is 364 g/mol. The average Bonchev–Trinajstić information content (AvgIpc) is 2.96. The minimum Gasteiger partial charge on any atom is -0.336 e. The molecule has 3 aromatic rings. The SMILES string of the molecule is Cc1cccc(CN2CCCN(C(=O)c3nn(-c4ccccc4)nc3C)CC2)n1. The second-order valence-electron chi connectivity index (χ2n) is 7.45.